The van der Waals surface area contributed by atoms with Gasteiger partial charge in [0.25, 0.3) is 0 Å². The molecule has 0 bridgehead atoms. The topological polar surface area (TPSA) is 45.7 Å². The highest BCUT2D eigenvalue weighted by atomic mass is 32.1. The second-order valence-corrected chi connectivity index (χ2v) is 6.83. The summed E-state index contributed by atoms with van der Waals surface area (Å²) in [5.41, 5.74) is 2.42. The molecule has 0 aliphatic rings. The van der Waals surface area contributed by atoms with E-state index in [1.165, 1.54) is 10.4 Å². The molecule has 2 N–H and O–H groups in total. The number of guanidine groups is 1. The van der Waals surface area contributed by atoms with Crippen LogP contribution in [-0.4, -0.2) is 33.2 Å². The molecule has 0 aliphatic heterocycles. The van der Waals surface area contributed by atoms with Gasteiger partial charge >= 0.3 is 0 Å². The summed E-state index contributed by atoms with van der Waals surface area (Å²) in [4.78, 5) is 5.69. The highest BCUT2D eigenvalue weighted by Crippen LogP contribution is 2.20. The number of methoxy groups -OCH3 is 1. The lowest BCUT2D eigenvalue weighted by Gasteiger charge is -2.15. The quantitative estimate of drug-likeness (QED) is 0.596. The fourth-order valence-electron chi connectivity index (χ4n) is 2.49. The van der Waals surface area contributed by atoms with E-state index in [1.807, 2.05) is 0 Å². The van der Waals surface area contributed by atoms with E-state index in [0.717, 1.165) is 36.8 Å². The van der Waals surface area contributed by atoms with E-state index < -0.39 is 0 Å². The maximum absolute atomic E-state index is 5.38. The molecule has 1 atom stereocenters. The van der Waals surface area contributed by atoms with Gasteiger partial charge in [0.2, 0.25) is 0 Å². The van der Waals surface area contributed by atoms with Gasteiger partial charge < -0.3 is 15.4 Å². The predicted molar refractivity (Wildman–Crippen MR) is 104 cm³/mol. The molecule has 1 aromatic carbocycles. The van der Waals surface area contributed by atoms with Crippen molar-refractivity contribution in [2.45, 2.75) is 26.2 Å². The Kier molecular flexibility index (Phi) is 7.12. The van der Waals surface area contributed by atoms with Gasteiger partial charge in [0.15, 0.2) is 5.96 Å². The molecule has 1 unspecified atom stereocenters. The Morgan fingerprint density at radius 2 is 2.12 bits per heavy atom. The highest BCUT2D eigenvalue weighted by Gasteiger charge is 2.07. The van der Waals surface area contributed by atoms with Crippen LogP contribution >= 0.6 is 11.3 Å². The van der Waals surface area contributed by atoms with E-state index in [0.29, 0.717) is 5.92 Å². The lowest BCUT2D eigenvalue weighted by Crippen LogP contribution is -2.39. The molecule has 5 heteroatoms. The minimum absolute atomic E-state index is 0.477. The summed E-state index contributed by atoms with van der Waals surface area (Å²) in [7, 11) is 3.52. The number of hydrogen-bond donors (Lipinski definition) is 2. The molecule has 0 fully saturated rings. The summed E-state index contributed by atoms with van der Waals surface area (Å²) in [5, 5.41) is 8.89. The Bertz CT molecular complexity index is 653. The van der Waals surface area contributed by atoms with Gasteiger partial charge in [-0.25, -0.2) is 0 Å². The summed E-state index contributed by atoms with van der Waals surface area (Å²) in [6, 6.07) is 10.6. The fraction of sp³-hybridized carbons (Fsp3) is 0.421. The molecular weight excluding hydrogens is 318 g/mol. The van der Waals surface area contributed by atoms with Gasteiger partial charge in [-0.05, 0) is 42.0 Å². The first kappa shape index (κ1) is 18.3. The molecule has 0 amide bonds. The molecular formula is C19H27N3OS. The number of ether oxygens (including phenoxy) is 1. The van der Waals surface area contributed by atoms with Crippen LogP contribution in [0.5, 0.6) is 5.75 Å². The minimum atomic E-state index is 0.477. The first-order valence-electron chi connectivity index (χ1n) is 8.25. The standard InChI is InChI=1S/C19H27N3OS/c1-14-7-8-16(12-17(14)23-4)9-10-21-19(20-3)22-13-15(2)18-6-5-11-24-18/h5-8,11-12,15H,9-10,13H2,1-4H3,(H2,20,21,22). The average Bonchev–Trinajstić information content (AvgIpc) is 3.13. The van der Waals surface area contributed by atoms with Crippen LogP contribution in [0.25, 0.3) is 0 Å². The first-order chi connectivity index (χ1) is 11.6. The SMILES string of the molecule is CN=C(NCCc1ccc(C)c(OC)c1)NCC(C)c1cccs1. The Hall–Kier alpha value is -2.01. The molecule has 2 aromatic rings. The first-order valence-corrected chi connectivity index (χ1v) is 9.13. The normalized spacial score (nSPS) is 12.8. The van der Waals surface area contributed by atoms with Crippen molar-refractivity contribution >= 4 is 17.3 Å². The van der Waals surface area contributed by atoms with Gasteiger partial charge in [-0.15, -0.1) is 11.3 Å². The van der Waals surface area contributed by atoms with Gasteiger partial charge in [0.1, 0.15) is 5.75 Å². The molecule has 1 aromatic heterocycles. The number of nitrogens with zero attached hydrogens (tertiary/aromatic N) is 1. The molecule has 130 valence electrons. The maximum Gasteiger partial charge on any atom is 0.191 e. The van der Waals surface area contributed by atoms with Crippen molar-refractivity contribution in [2.24, 2.45) is 4.99 Å². The Morgan fingerprint density at radius 1 is 1.29 bits per heavy atom. The molecule has 24 heavy (non-hydrogen) atoms. The van der Waals surface area contributed by atoms with Gasteiger partial charge in [-0.3, -0.25) is 4.99 Å². The zero-order chi connectivity index (χ0) is 17.4. The number of rotatable bonds is 7. The molecule has 0 radical (unpaired) electrons. The number of aryl methyl sites for hydroxylation is 1. The van der Waals surface area contributed by atoms with Gasteiger partial charge in [0, 0.05) is 30.9 Å². The number of aliphatic imine (C=N–C) groups is 1. The van der Waals surface area contributed by atoms with E-state index >= 15 is 0 Å². The Balaban J connectivity index is 1.77. The van der Waals surface area contributed by atoms with Crippen LogP contribution in [0.15, 0.2) is 40.7 Å². The zero-order valence-corrected chi connectivity index (χ0v) is 15.7. The average molecular weight is 346 g/mol. The van der Waals surface area contributed by atoms with Crippen LogP contribution < -0.4 is 15.4 Å². The number of thiophene rings is 1. The minimum Gasteiger partial charge on any atom is -0.496 e. The van der Waals surface area contributed by atoms with Crippen LogP contribution in [-0.2, 0) is 6.42 Å². The third-order valence-corrected chi connectivity index (χ3v) is 5.11. The summed E-state index contributed by atoms with van der Waals surface area (Å²) < 4.78 is 5.38. The summed E-state index contributed by atoms with van der Waals surface area (Å²) in [5.74, 6) is 2.27. The summed E-state index contributed by atoms with van der Waals surface area (Å²) in [6.07, 6.45) is 0.928. The number of nitrogens with one attached hydrogen (secondary N) is 2. The number of benzene rings is 1. The fourth-order valence-corrected chi connectivity index (χ4v) is 3.27. The van der Waals surface area contributed by atoms with Crippen LogP contribution in [0.4, 0.5) is 0 Å². The predicted octanol–water partition coefficient (Wildman–Crippen LogP) is 3.58. The van der Waals surface area contributed by atoms with E-state index in [-0.39, 0.29) is 0 Å². The molecule has 0 saturated heterocycles. The van der Waals surface area contributed by atoms with Crippen molar-refractivity contribution < 1.29 is 4.74 Å². The number of hydrogen-bond acceptors (Lipinski definition) is 3. The van der Waals surface area contributed by atoms with Crippen LogP contribution in [0, 0.1) is 6.92 Å². The maximum atomic E-state index is 5.38. The Morgan fingerprint density at radius 3 is 2.79 bits per heavy atom. The monoisotopic (exact) mass is 345 g/mol. The third kappa shape index (κ3) is 5.27. The molecule has 0 spiro atoms. The van der Waals surface area contributed by atoms with Gasteiger partial charge in [0.05, 0.1) is 7.11 Å². The van der Waals surface area contributed by atoms with Crippen molar-refractivity contribution in [2.75, 3.05) is 27.2 Å². The smallest absolute Gasteiger partial charge is 0.191 e. The van der Waals surface area contributed by atoms with Gasteiger partial charge in [-0.1, -0.05) is 25.1 Å². The van der Waals surface area contributed by atoms with Crippen molar-refractivity contribution in [1.82, 2.24) is 10.6 Å². The van der Waals surface area contributed by atoms with E-state index in [9.17, 15) is 0 Å². The molecule has 1 heterocycles. The van der Waals surface area contributed by atoms with E-state index in [1.54, 1.807) is 25.5 Å². The van der Waals surface area contributed by atoms with Crippen molar-refractivity contribution in [1.29, 1.82) is 0 Å². The van der Waals surface area contributed by atoms with Crippen molar-refractivity contribution in [3.8, 4) is 5.75 Å². The lowest BCUT2D eigenvalue weighted by atomic mass is 10.1. The zero-order valence-electron chi connectivity index (χ0n) is 14.9. The molecule has 4 nitrogen and oxygen atoms in total. The van der Waals surface area contributed by atoms with Crippen molar-refractivity contribution in [3.05, 3.63) is 51.7 Å². The molecule has 0 aliphatic carbocycles. The van der Waals surface area contributed by atoms with Gasteiger partial charge in [-0.2, -0.15) is 0 Å². The largest absolute Gasteiger partial charge is 0.496 e. The van der Waals surface area contributed by atoms with E-state index in [4.69, 9.17) is 4.74 Å². The summed E-state index contributed by atoms with van der Waals surface area (Å²) in [6.45, 7) is 5.99. The summed E-state index contributed by atoms with van der Waals surface area (Å²) >= 11 is 1.80. The molecule has 2 rings (SSSR count). The van der Waals surface area contributed by atoms with Crippen LogP contribution in [0.2, 0.25) is 0 Å². The van der Waals surface area contributed by atoms with Crippen LogP contribution in [0.1, 0.15) is 28.8 Å². The second-order valence-electron chi connectivity index (χ2n) is 5.85. The van der Waals surface area contributed by atoms with Crippen LogP contribution in [0.3, 0.4) is 0 Å². The van der Waals surface area contributed by atoms with Crippen molar-refractivity contribution in [3.63, 3.8) is 0 Å². The highest BCUT2D eigenvalue weighted by molar-refractivity contribution is 7.10. The Labute approximate surface area is 149 Å². The third-order valence-electron chi connectivity index (χ3n) is 4.01. The lowest BCUT2D eigenvalue weighted by molar-refractivity contribution is 0.411. The van der Waals surface area contributed by atoms with E-state index in [2.05, 4.69) is 65.2 Å². The second kappa shape index (κ2) is 9.33. The molecule has 0 saturated carbocycles.